The van der Waals surface area contributed by atoms with Gasteiger partial charge in [-0.15, -0.1) is 11.3 Å². The molecule has 0 atom stereocenters. The summed E-state index contributed by atoms with van der Waals surface area (Å²) >= 11 is 1.32. The lowest BCUT2D eigenvalue weighted by Gasteiger charge is -2.19. The molecule has 0 aliphatic rings. The molecular weight excluding hydrogens is 449 g/mol. The van der Waals surface area contributed by atoms with E-state index in [9.17, 15) is 14.0 Å². The van der Waals surface area contributed by atoms with Crippen molar-refractivity contribution in [1.82, 2.24) is 10.1 Å². The van der Waals surface area contributed by atoms with E-state index in [2.05, 4.69) is 10.1 Å². The second-order valence-electron chi connectivity index (χ2n) is 6.78. The SMILES string of the molecule is CN(C(=O)c1cccs1)c1ccccc1C(=O)OCc1nc(COc2ccc(F)cc2)no1. The van der Waals surface area contributed by atoms with Gasteiger partial charge in [0.1, 0.15) is 11.6 Å². The van der Waals surface area contributed by atoms with Crippen LogP contribution in [0.3, 0.4) is 0 Å². The quantitative estimate of drug-likeness (QED) is 0.353. The largest absolute Gasteiger partial charge is 0.485 e. The average Bonchev–Trinajstić information content (AvgIpc) is 3.54. The Morgan fingerprint density at radius 3 is 2.61 bits per heavy atom. The van der Waals surface area contributed by atoms with Crippen LogP contribution in [0.5, 0.6) is 5.75 Å². The topological polar surface area (TPSA) is 94.8 Å². The van der Waals surface area contributed by atoms with E-state index in [0.29, 0.717) is 16.3 Å². The van der Waals surface area contributed by atoms with E-state index in [1.54, 1.807) is 43.4 Å². The molecule has 0 saturated heterocycles. The second-order valence-corrected chi connectivity index (χ2v) is 7.73. The van der Waals surface area contributed by atoms with Crippen LogP contribution in [-0.4, -0.2) is 29.1 Å². The smallest absolute Gasteiger partial charge is 0.340 e. The molecule has 33 heavy (non-hydrogen) atoms. The minimum absolute atomic E-state index is 0.00153. The van der Waals surface area contributed by atoms with Crippen molar-refractivity contribution in [2.24, 2.45) is 0 Å². The number of thiophene rings is 1. The first kappa shape index (κ1) is 22.2. The molecule has 8 nitrogen and oxygen atoms in total. The fraction of sp³-hybridized carbons (Fsp3) is 0.130. The van der Waals surface area contributed by atoms with Crippen LogP contribution in [0.4, 0.5) is 10.1 Å². The predicted octanol–water partition coefficient (Wildman–Crippen LogP) is 4.48. The number of carbonyl (C=O) groups is 2. The van der Waals surface area contributed by atoms with Crippen LogP contribution in [0.15, 0.2) is 70.6 Å². The van der Waals surface area contributed by atoms with Crippen LogP contribution in [-0.2, 0) is 18.0 Å². The first-order valence-corrected chi connectivity index (χ1v) is 10.7. The summed E-state index contributed by atoms with van der Waals surface area (Å²) in [7, 11) is 1.60. The number of rotatable bonds is 8. The zero-order chi connectivity index (χ0) is 23.2. The molecule has 4 rings (SSSR count). The van der Waals surface area contributed by atoms with Crippen LogP contribution in [0.25, 0.3) is 0 Å². The number of ether oxygens (including phenoxy) is 2. The number of esters is 1. The lowest BCUT2D eigenvalue weighted by atomic mass is 10.1. The van der Waals surface area contributed by atoms with E-state index in [-0.39, 0.29) is 42.2 Å². The molecule has 10 heteroatoms. The molecule has 1 amide bonds. The molecule has 0 aliphatic heterocycles. The molecule has 2 heterocycles. The number of anilines is 1. The van der Waals surface area contributed by atoms with Gasteiger partial charge in [-0.25, -0.2) is 9.18 Å². The number of halogens is 1. The molecule has 0 fully saturated rings. The van der Waals surface area contributed by atoms with E-state index < -0.39 is 5.97 Å². The van der Waals surface area contributed by atoms with Gasteiger partial charge in [0.15, 0.2) is 13.2 Å². The Balaban J connectivity index is 1.37. The summed E-state index contributed by atoms with van der Waals surface area (Å²) in [6, 6.07) is 15.7. The molecule has 0 bridgehead atoms. The van der Waals surface area contributed by atoms with Crippen LogP contribution >= 0.6 is 11.3 Å². The fourth-order valence-electron chi connectivity index (χ4n) is 2.90. The molecule has 0 N–H and O–H groups in total. The molecule has 0 spiro atoms. The summed E-state index contributed by atoms with van der Waals surface area (Å²) in [4.78, 5) is 31.4. The zero-order valence-electron chi connectivity index (χ0n) is 17.4. The fourth-order valence-corrected chi connectivity index (χ4v) is 3.60. The Morgan fingerprint density at radius 1 is 1.06 bits per heavy atom. The van der Waals surface area contributed by atoms with Crippen molar-refractivity contribution < 1.29 is 28.0 Å². The number of aromatic nitrogens is 2. The third-order valence-corrected chi connectivity index (χ3v) is 5.40. The van der Waals surface area contributed by atoms with Gasteiger partial charge in [0, 0.05) is 7.05 Å². The number of amides is 1. The number of hydrogen-bond donors (Lipinski definition) is 0. The van der Waals surface area contributed by atoms with Crippen LogP contribution in [0, 0.1) is 5.82 Å². The summed E-state index contributed by atoms with van der Waals surface area (Å²) < 4.78 is 28.8. The van der Waals surface area contributed by atoms with Crippen molar-refractivity contribution in [3.05, 3.63) is 94.0 Å². The normalized spacial score (nSPS) is 10.6. The summed E-state index contributed by atoms with van der Waals surface area (Å²) in [6.45, 7) is -0.249. The van der Waals surface area contributed by atoms with Crippen LogP contribution < -0.4 is 9.64 Å². The lowest BCUT2D eigenvalue weighted by Crippen LogP contribution is -2.27. The maximum atomic E-state index is 12.9. The Bertz CT molecular complexity index is 1240. The summed E-state index contributed by atoms with van der Waals surface area (Å²) in [6.07, 6.45) is 0. The Labute approximate surface area is 192 Å². The van der Waals surface area contributed by atoms with Crippen molar-refractivity contribution >= 4 is 28.9 Å². The minimum Gasteiger partial charge on any atom is -0.485 e. The Hall–Kier alpha value is -4.05. The van der Waals surface area contributed by atoms with Gasteiger partial charge in [-0.2, -0.15) is 4.98 Å². The minimum atomic E-state index is -0.640. The van der Waals surface area contributed by atoms with E-state index in [0.717, 1.165) is 0 Å². The first-order chi connectivity index (χ1) is 16.0. The van der Waals surface area contributed by atoms with Crippen molar-refractivity contribution in [2.75, 3.05) is 11.9 Å². The molecular formula is C23H18FN3O5S. The molecule has 0 radical (unpaired) electrons. The number of benzene rings is 2. The van der Waals surface area contributed by atoms with Gasteiger partial charge in [-0.3, -0.25) is 4.79 Å². The molecule has 168 valence electrons. The number of hydrogen-bond acceptors (Lipinski definition) is 8. The molecule has 0 unspecified atom stereocenters. The van der Waals surface area contributed by atoms with E-state index in [1.807, 2.05) is 5.38 Å². The van der Waals surface area contributed by atoms with Gasteiger partial charge in [0.2, 0.25) is 5.82 Å². The molecule has 2 aromatic carbocycles. The number of nitrogens with zero attached hydrogens (tertiary/aromatic N) is 3. The highest BCUT2D eigenvalue weighted by atomic mass is 32.1. The maximum Gasteiger partial charge on any atom is 0.340 e. The van der Waals surface area contributed by atoms with E-state index in [1.165, 1.54) is 40.5 Å². The average molecular weight is 467 g/mol. The molecule has 4 aromatic rings. The van der Waals surface area contributed by atoms with Gasteiger partial charge in [0.25, 0.3) is 11.8 Å². The third-order valence-electron chi connectivity index (χ3n) is 4.54. The van der Waals surface area contributed by atoms with Gasteiger partial charge in [-0.1, -0.05) is 23.4 Å². The van der Waals surface area contributed by atoms with Crippen molar-refractivity contribution in [2.45, 2.75) is 13.2 Å². The molecule has 2 aromatic heterocycles. The van der Waals surface area contributed by atoms with Crippen LogP contribution in [0.1, 0.15) is 31.7 Å². The van der Waals surface area contributed by atoms with Gasteiger partial charge in [-0.05, 0) is 47.8 Å². The predicted molar refractivity (Wildman–Crippen MR) is 118 cm³/mol. The maximum absolute atomic E-state index is 12.9. The summed E-state index contributed by atoms with van der Waals surface area (Å²) in [5.74, 6) is -0.457. The molecule has 0 aliphatic carbocycles. The molecule has 0 saturated carbocycles. The highest BCUT2D eigenvalue weighted by Crippen LogP contribution is 2.23. The summed E-state index contributed by atoms with van der Waals surface area (Å²) in [5.41, 5.74) is 0.643. The standard InChI is InChI=1S/C23H18FN3O5S/c1-27(22(28)19-7-4-12-33-19)18-6-3-2-5-17(18)23(29)31-14-21-25-20(26-32-21)13-30-16-10-8-15(24)9-11-16/h2-12H,13-14H2,1H3. The second kappa shape index (κ2) is 10.0. The van der Waals surface area contributed by atoms with Gasteiger partial charge >= 0.3 is 5.97 Å². The number of carbonyl (C=O) groups excluding carboxylic acids is 2. The van der Waals surface area contributed by atoms with Gasteiger partial charge < -0.3 is 18.9 Å². The highest BCUT2D eigenvalue weighted by molar-refractivity contribution is 7.12. The van der Waals surface area contributed by atoms with Crippen molar-refractivity contribution in [3.8, 4) is 5.75 Å². The van der Waals surface area contributed by atoms with Gasteiger partial charge in [0.05, 0.1) is 16.1 Å². The highest BCUT2D eigenvalue weighted by Gasteiger charge is 2.21. The lowest BCUT2D eigenvalue weighted by molar-refractivity contribution is 0.0430. The van der Waals surface area contributed by atoms with Crippen molar-refractivity contribution in [1.29, 1.82) is 0 Å². The van der Waals surface area contributed by atoms with E-state index in [4.69, 9.17) is 14.0 Å². The first-order valence-electron chi connectivity index (χ1n) is 9.79. The Morgan fingerprint density at radius 2 is 1.85 bits per heavy atom. The Kier molecular flexibility index (Phi) is 6.75. The zero-order valence-corrected chi connectivity index (χ0v) is 18.3. The van der Waals surface area contributed by atoms with Crippen molar-refractivity contribution in [3.63, 3.8) is 0 Å². The third kappa shape index (κ3) is 5.42. The number of para-hydroxylation sites is 1. The van der Waals surface area contributed by atoms with Crippen LogP contribution in [0.2, 0.25) is 0 Å². The summed E-state index contributed by atoms with van der Waals surface area (Å²) in [5, 5.41) is 5.58. The van der Waals surface area contributed by atoms with E-state index >= 15 is 0 Å². The monoisotopic (exact) mass is 467 g/mol.